The molecule has 1 aromatic carbocycles. The molecule has 0 bridgehead atoms. The van der Waals surface area contributed by atoms with Gasteiger partial charge in [-0.3, -0.25) is 4.79 Å². The second kappa shape index (κ2) is 8.13. The minimum atomic E-state index is -0.164. The first kappa shape index (κ1) is 17.5. The van der Waals surface area contributed by atoms with E-state index in [1.165, 1.54) is 0 Å². The number of ether oxygens (including phenoxy) is 2. The van der Waals surface area contributed by atoms with Crippen molar-refractivity contribution in [2.75, 3.05) is 27.4 Å². The van der Waals surface area contributed by atoms with Crippen LogP contribution in [0.1, 0.15) is 18.9 Å². The molecule has 5 heteroatoms. The minimum absolute atomic E-state index is 0.000904. The summed E-state index contributed by atoms with van der Waals surface area (Å²) in [6, 6.07) is 7.62. The van der Waals surface area contributed by atoms with Crippen LogP contribution in [-0.4, -0.2) is 55.4 Å². The molecule has 1 aliphatic heterocycles. The summed E-state index contributed by atoms with van der Waals surface area (Å²) >= 11 is 0. The summed E-state index contributed by atoms with van der Waals surface area (Å²) in [5.74, 6) is 0.748. The Morgan fingerprint density at radius 2 is 2.13 bits per heavy atom. The molecule has 1 N–H and O–H groups in total. The highest BCUT2D eigenvalue weighted by molar-refractivity contribution is 5.88. The summed E-state index contributed by atoms with van der Waals surface area (Å²) in [6.45, 7) is 2.42. The molecule has 5 nitrogen and oxygen atoms in total. The first-order chi connectivity index (χ1) is 11.1. The largest absolute Gasteiger partial charge is 0.496 e. The Balaban J connectivity index is 2.06. The van der Waals surface area contributed by atoms with Gasteiger partial charge in [-0.25, -0.2) is 0 Å². The van der Waals surface area contributed by atoms with Gasteiger partial charge in [-0.05, 0) is 31.4 Å². The van der Waals surface area contributed by atoms with Gasteiger partial charge in [0, 0.05) is 19.7 Å². The van der Waals surface area contributed by atoms with Crippen LogP contribution in [0, 0.1) is 0 Å². The zero-order chi connectivity index (χ0) is 16.8. The Morgan fingerprint density at radius 1 is 1.39 bits per heavy atom. The smallest absolute Gasteiger partial charge is 0.246 e. The van der Waals surface area contributed by atoms with E-state index in [1.807, 2.05) is 31.2 Å². The molecule has 0 radical (unpaired) electrons. The summed E-state index contributed by atoms with van der Waals surface area (Å²) in [7, 11) is 3.28. The van der Waals surface area contributed by atoms with Crippen LogP contribution < -0.4 is 4.74 Å². The predicted octanol–water partition coefficient (Wildman–Crippen LogP) is 1.79. The van der Waals surface area contributed by atoms with Crippen molar-refractivity contribution in [1.82, 2.24) is 4.90 Å². The van der Waals surface area contributed by atoms with Gasteiger partial charge in [-0.1, -0.05) is 23.8 Å². The van der Waals surface area contributed by atoms with Crippen molar-refractivity contribution in [3.8, 4) is 5.75 Å². The number of carbonyl (C=O) groups excluding carboxylic acids is 1. The number of rotatable bonds is 6. The fourth-order valence-corrected chi connectivity index (χ4v) is 2.98. The van der Waals surface area contributed by atoms with Crippen molar-refractivity contribution >= 4 is 5.91 Å². The summed E-state index contributed by atoms with van der Waals surface area (Å²) in [4.78, 5) is 14.2. The maximum absolute atomic E-state index is 12.5. The fraction of sp³-hybridized carbons (Fsp3) is 0.500. The first-order valence-electron chi connectivity index (χ1n) is 7.82. The Hall–Kier alpha value is -1.85. The van der Waals surface area contributed by atoms with Crippen LogP contribution in [0.3, 0.4) is 0 Å². The highest BCUT2D eigenvalue weighted by atomic mass is 16.5. The lowest BCUT2D eigenvalue weighted by molar-refractivity contribution is -0.127. The van der Waals surface area contributed by atoms with Gasteiger partial charge in [0.2, 0.25) is 5.91 Å². The number of benzene rings is 1. The molecular formula is C18H25NO4. The van der Waals surface area contributed by atoms with Crippen LogP contribution in [-0.2, 0) is 16.0 Å². The number of nitrogens with zero attached hydrogens (tertiary/aromatic N) is 1. The second-order valence-electron chi connectivity index (χ2n) is 5.90. The number of carbonyl (C=O) groups is 1. The molecule has 2 rings (SSSR count). The number of amides is 1. The molecule has 0 saturated carbocycles. The van der Waals surface area contributed by atoms with E-state index in [4.69, 9.17) is 9.47 Å². The van der Waals surface area contributed by atoms with Crippen LogP contribution in [0.2, 0.25) is 0 Å². The molecular weight excluding hydrogens is 294 g/mol. The SMILES string of the molecule is COc1ccccc1C/C(C)=C\C(=O)N1C[C@H](OC)C[C@H]1CO. The third-order valence-corrected chi connectivity index (χ3v) is 4.23. The number of likely N-dealkylation sites (tertiary alicyclic amines) is 1. The number of aliphatic hydroxyl groups excluding tert-OH is 1. The third-order valence-electron chi connectivity index (χ3n) is 4.23. The highest BCUT2D eigenvalue weighted by Crippen LogP contribution is 2.23. The van der Waals surface area contributed by atoms with E-state index >= 15 is 0 Å². The zero-order valence-electron chi connectivity index (χ0n) is 14.0. The maximum atomic E-state index is 12.5. The Kier molecular flexibility index (Phi) is 6.19. The maximum Gasteiger partial charge on any atom is 0.246 e. The Bertz CT molecular complexity index is 570. The summed E-state index contributed by atoms with van der Waals surface area (Å²) in [5.41, 5.74) is 2.00. The number of methoxy groups -OCH3 is 2. The van der Waals surface area contributed by atoms with E-state index in [0.717, 1.165) is 16.9 Å². The molecule has 1 amide bonds. The third kappa shape index (κ3) is 4.33. The fourth-order valence-electron chi connectivity index (χ4n) is 2.98. The number of hydrogen-bond donors (Lipinski definition) is 1. The van der Waals surface area contributed by atoms with E-state index in [-0.39, 0.29) is 24.7 Å². The van der Waals surface area contributed by atoms with Gasteiger partial charge in [-0.2, -0.15) is 0 Å². The average molecular weight is 319 g/mol. The molecule has 1 aliphatic rings. The lowest BCUT2D eigenvalue weighted by Gasteiger charge is -2.21. The number of aliphatic hydroxyl groups is 1. The molecule has 0 aliphatic carbocycles. The van der Waals surface area contributed by atoms with E-state index in [0.29, 0.717) is 19.4 Å². The van der Waals surface area contributed by atoms with Gasteiger partial charge in [0.05, 0.1) is 25.9 Å². The molecule has 1 aromatic rings. The van der Waals surface area contributed by atoms with Crippen molar-refractivity contribution in [2.45, 2.75) is 31.9 Å². The Morgan fingerprint density at radius 3 is 2.78 bits per heavy atom. The van der Waals surface area contributed by atoms with Crippen molar-refractivity contribution in [1.29, 1.82) is 0 Å². The first-order valence-corrected chi connectivity index (χ1v) is 7.82. The van der Waals surface area contributed by atoms with Gasteiger partial charge in [0.15, 0.2) is 0 Å². The molecule has 0 aromatic heterocycles. The molecule has 1 saturated heterocycles. The van der Waals surface area contributed by atoms with E-state index < -0.39 is 0 Å². The molecule has 23 heavy (non-hydrogen) atoms. The standard InChI is InChI=1S/C18H25NO4/c1-13(8-14-6-4-5-7-17(14)23-3)9-18(21)19-11-16(22-2)10-15(19)12-20/h4-7,9,15-16,20H,8,10-12H2,1-3H3/b13-9-/t15-,16+/m0/s1. The van der Waals surface area contributed by atoms with Gasteiger partial charge in [0.25, 0.3) is 0 Å². The molecule has 0 spiro atoms. The normalized spacial score (nSPS) is 21.6. The number of allylic oxidation sites excluding steroid dienone is 1. The van der Waals surface area contributed by atoms with Crippen molar-refractivity contribution in [3.05, 3.63) is 41.5 Å². The minimum Gasteiger partial charge on any atom is -0.496 e. The lowest BCUT2D eigenvalue weighted by atomic mass is 10.0. The van der Waals surface area contributed by atoms with Gasteiger partial charge in [0.1, 0.15) is 5.75 Å². The zero-order valence-corrected chi connectivity index (χ0v) is 14.0. The second-order valence-corrected chi connectivity index (χ2v) is 5.90. The highest BCUT2D eigenvalue weighted by Gasteiger charge is 2.33. The van der Waals surface area contributed by atoms with E-state index in [9.17, 15) is 9.90 Å². The molecule has 0 unspecified atom stereocenters. The summed E-state index contributed by atoms with van der Waals surface area (Å²) < 4.78 is 10.7. The van der Waals surface area contributed by atoms with E-state index in [1.54, 1.807) is 25.2 Å². The van der Waals surface area contributed by atoms with Gasteiger partial charge in [-0.15, -0.1) is 0 Å². The van der Waals surface area contributed by atoms with Crippen molar-refractivity contribution < 1.29 is 19.4 Å². The topological polar surface area (TPSA) is 59.0 Å². The van der Waals surface area contributed by atoms with E-state index in [2.05, 4.69) is 0 Å². The van der Waals surface area contributed by atoms with Crippen LogP contribution in [0.5, 0.6) is 5.75 Å². The van der Waals surface area contributed by atoms with Crippen LogP contribution in [0.15, 0.2) is 35.9 Å². The summed E-state index contributed by atoms with van der Waals surface area (Å²) in [5, 5.41) is 9.45. The van der Waals surface area contributed by atoms with Gasteiger partial charge >= 0.3 is 0 Å². The Labute approximate surface area is 137 Å². The molecule has 126 valence electrons. The van der Waals surface area contributed by atoms with Crippen LogP contribution in [0.25, 0.3) is 0 Å². The predicted molar refractivity (Wildman–Crippen MR) is 88.5 cm³/mol. The van der Waals surface area contributed by atoms with Gasteiger partial charge < -0.3 is 19.5 Å². The number of para-hydroxylation sites is 1. The van der Waals surface area contributed by atoms with Crippen LogP contribution >= 0.6 is 0 Å². The quantitative estimate of drug-likeness (QED) is 0.812. The molecule has 2 atom stereocenters. The monoisotopic (exact) mass is 319 g/mol. The summed E-state index contributed by atoms with van der Waals surface area (Å²) in [6.07, 6.45) is 2.98. The average Bonchev–Trinajstić information content (AvgIpc) is 2.98. The number of hydrogen-bond acceptors (Lipinski definition) is 4. The molecule has 1 heterocycles. The van der Waals surface area contributed by atoms with Crippen LogP contribution in [0.4, 0.5) is 0 Å². The lowest BCUT2D eigenvalue weighted by Crippen LogP contribution is -2.37. The van der Waals surface area contributed by atoms with Crippen molar-refractivity contribution in [2.24, 2.45) is 0 Å². The van der Waals surface area contributed by atoms with Crippen molar-refractivity contribution in [3.63, 3.8) is 0 Å². The molecule has 1 fully saturated rings.